The summed E-state index contributed by atoms with van der Waals surface area (Å²) < 4.78 is 0. The number of hydrogen-bond donors (Lipinski definition) is 2. The summed E-state index contributed by atoms with van der Waals surface area (Å²) in [6.45, 7) is 4.33. The molecule has 3 N–H and O–H groups in total. The van der Waals surface area contributed by atoms with Gasteiger partial charge in [0, 0.05) is 12.6 Å². The van der Waals surface area contributed by atoms with E-state index in [1.807, 2.05) is 6.92 Å². The highest BCUT2D eigenvalue weighted by Crippen LogP contribution is 2.04. The van der Waals surface area contributed by atoms with Gasteiger partial charge < -0.3 is 10.8 Å². The number of aliphatic hydroxyl groups is 1. The molecule has 2 heteroatoms. The molecule has 0 aliphatic heterocycles. The van der Waals surface area contributed by atoms with Gasteiger partial charge in [-0.15, -0.1) is 0 Å². The van der Waals surface area contributed by atoms with Crippen LogP contribution in [0.4, 0.5) is 0 Å². The normalized spacial score (nSPS) is 17.3. The standard InChI is InChI=1S/C7H17NO/c1-3-7(8)4-6(2)5-9/h6-7,9H,3-5,8H2,1-2H3/t6-,7-/m0/s1. The van der Waals surface area contributed by atoms with Crippen molar-refractivity contribution in [1.29, 1.82) is 0 Å². The molecule has 0 heterocycles. The van der Waals surface area contributed by atoms with Gasteiger partial charge in [-0.25, -0.2) is 0 Å². The van der Waals surface area contributed by atoms with E-state index in [0.717, 1.165) is 12.8 Å². The minimum atomic E-state index is 0.258. The van der Waals surface area contributed by atoms with Crippen molar-refractivity contribution >= 4 is 0 Å². The van der Waals surface area contributed by atoms with Gasteiger partial charge in [-0.1, -0.05) is 13.8 Å². The van der Waals surface area contributed by atoms with Crippen LogP contribution in [0.3, 0.4) is 0 Å². The summed E-state index contributed by atoms with van der Waals surface area (Å²) in [6, 6.07) is 0.271. The molecule has 0 bridgehead atoms. The predicted octanol–water partition coefficient (Wildman–Crippen LogP) is 0.742. The molecule has 0 aliphatic carbocycles. The van der Waals surface area contributed by atoms with Crippen molar-refractivity contribution in [1.82, 2.24) is 0 Å². The molecule has 9 heavy (non-hydrogen) atoms. The van der Waals surface area contributed by atoms with Crippen LogP contribution in [0.2, 0.25) is 0 Å². The van der Waals surface area contributed by atoms with Crippen molar-refractivity contribution in [3.8, 4) is 0 Å². The molecular formula is C7H17NO. The third-order valence-electron chi connectivity index (χ3n) is 1.54. The van der Waals surface area contributed by atoms with Crippen molar-refractivity contribution in [3.05, 3.63) is 0 Å². The summed E-state index contributed by atoms with van der Waals surface area (Å²) in [7, 11) is 0. The third kappa shape index (κ3) is 4.43. The fourth-order valence-electron chi connectivity index (χ4n) is 0.758. The van der Waals surface area contributed by atoms with Crippen LogP contribution in [0.5, 0.6) is 0 Å². The summed E-state index contributed by atoms with van der Waals surface area (Å²) in [5.41, 5.74) is 5.64. The molecule has 0 saturated heterocycles. The summed E-state index contributed by atoms with van der Waals surface area (Å²) in [4.78, 5) is 0. The molecule has 0 rings (SSSR count). The van der Waals surface area contributed by atoms with Crippen molar-refractivity contribution in [3.63, 3.8) is 0 Å². The molecule has 2 atom stereocenters. The topological polar surface area (TPSA) is 46.2 Å². The average molecular weight is 131 g/mol. The second kappa shape index (κ2) is 4.77. The smallest absolute Gasteiger partial charge is 0.0457 e. The Bertz CT molecular complexity index is 57.9. The number of aliphatic hydroxyl groups excluding tert-OH is 1. The van der Waals surface area contributed by atoms with Crippen LogP contribution in [0.15, 0.2) is 0 Å². The molecule has 0 aromatic heterocycles. The Hall–Kier alpha value is -0.0800. The average Bonchev–Trinajstić information content (AvgIpc) is 1.87. The Balaban J connectivity index is 3.22. The molecule has 0 unspecified atom stereocenters. The summed E-state index contributed by atoms with van der Waals surface area (Å²) in [6.07, 6.45) is 1.94. The zero-order valence-corrected chi connectivity index (χ0v) is 6.30. The highest BCUT2D eigenvalue weighted by atomic mass is 16.3. The first kappa shape index (κ1) is 8.92. The van der Waals surface area contributed by atoms with Crippen LogP contribution < -0.4 is 5.73 Å². The van der Waals surface area contributed by atoms with Crippen LogP contribution in [-0.4, -0.2) is 17.8 Å². The minimum Gasteiger partial charge on any atom is -0.396 e. The second-order valence-corrected chi connectivity index (χ2v) is 2.69. The van der Waals surface area contributed by atoms with Crippen LogP contribution in [-0.2, 0) is 0 Å². The van der Waals surface area contributed by atoms with E-state index in [9.17, 15) is 0 Å². The largest absolute Gasteiger partial charge is 0.396 e. The SMILES string of the molecule is CC[C@H](N)C[C@H](C)CO. The second-order valence-electron chi connectivity index (χ2n) is 2.69. The maximum atomic E-state index is 8.62. The van der Waals surface area contributed by atoms with E-state index in [-0.39, 0.29) is 12.6 Å². The van der Waals surface area contributed by atoms with Gasteiger partial charge >= 0.3 is 0 Å². The van der Waals surface area contributed by atoms with Crippen molar-refractivity contribution in [2.24, 2.45) is 11.7 Å². The molecule has 2 nitrogen and oxygen atoms in total. The fraction of sp³-hybridized carbons (Fsp3) is 1.00. The lowest BCUT2D eigenvalue weighted by Gasteiger charge is -2.12. The Morgan fingerprint density at radius 2 is 2.11 bits per heavy atom. The molecule has 0 saturated carbocycles. The van der Waals surface area contributed by atoms with Crippen LogP contribution >= 0.6 is 0 Å². The zero-order valence-electron chi connectivity index (χ0n) is 6.30. The highest BCUT2D eigenvalue weighted by Gasteiger charge is 2.04. The molecular weight excluding hydrogens is 114 g/mol. The van der Waals surface area contributed by atoms with Crippen LogP contribution in [0.25, 0.3) is 0 Å². The Morgan fingerprint density at radius 1 is 1.56 bits per heavy atom. The maximum absolute atomic E-state index is 8.62. The molecule has 0 aromatic rings. The first-order chi connectivity index (χ1) is 4.20. The van der Waals surface area contributed by atoms with E-state index in [1.54, 1.807) is 0 Å². The van der Waals surface area contributed by atoms with Gasteiger partial charge in [0.15, 0.2) is 0 Å². The molecule has 0 aliphatic rings. The summed E-state index contributed by atoms with van der Waals surface area (Å²) in [5.74, 6) is 0.361. The molecule has 0 amide bonds. The van der Waals surface area contributed by atoms with Gasteiger partial charge in [-0.3, -0.25) is 0 Å². The molecule has 0 aromatic carbocycles. The molecule has 0 radical (unpaired) electrons. The predicted molar refractivity (Wildman–Crippen MR) is 39.1 cm³/mol. The summed E-state index contributed by atoms with van der Waals surface area (Å²) in [5, 5.41) is 8.62. The zero-order chi connectivity index (χ0) is 7.28. The van der Waals surface area contributed by atoms with Gasteiger partial charge in [0.25, 0.3) is 0 Å². The quantitative estimate of drug-likeness (QED) is 0.591. The van der Waals surface area contributed by atoms with E-state index < -0.39 is 0 Å². The van der Waals surface area contributed by atoms with Gasteiger partial charge in [0.2, 0.25) is 0 Å². The van der Waals surface area contributed by atoms with Gasteiger partial charge in [0.1, 0.15) is 0 Å². The van der Waals surface area contributed by atoms with Gasteiger partial charge in [-0.05, 0) is 18.8 Å². The first-order valence-electron chi connectivity index (χ1n) is 3.57. The van der Waals surface area contributed by atoms with Crippen molar-refractivity contribution in [2.45, 2.75) is 32.7 Å². The number of nitrogens with two attached hydrogens (primary N) is 1. The van der Waals surface area contributed by atoms with E-state index >= 15 is 0 Å². The van der Waals surface area contributed by atoms with Gasteiger partial charge in [0.05, 0.1) is 0 Å². The fourth-order valence-corrected chi connectivity index (χ4v) is 0.758. The minimum absolute atomic E-state index is 0.258. The van der Waals surface area contributed by atoms with Gasteiger partial charge in [-0.2, -0.15) is 0 Å². The van der Waals surface area contributed by atoms with Crippen molar-refractivity contribution < 1.29 is 5.11 Å². The maximum Gasteiger partial charge on any atom is 0.0457 e. The lowest BCUT2D eigenvalue weighted by atomic mass is 10.0. The van der Waals surface area contributed by atoms with E-state index in [2.05, 4.69) is 6.92 Å². The van der Waals surface area contributed by atoms with Crippen molar-refractivity contribution in [2.75, 3.05) is 6.61 Å². The Labute approximate surface area is 57.1 Å². The molecule has 0 fully saturated rings. The van der Waals surface area contributed by atoms with Crippen LogP contribution in [0, 0.1) is 5.92 Å². The monoisotopic (exact) mass is 131 g/mol. The third-order valence-corrected chi connectivity index (χ3v) is 1.54. The van der Waals surface area contributed by atoms with Crippen LogP contribution in [0.1, 0.15) is 26.7 Å². The Morgan fingerprint density at radius 3 is 2.44 bits per heavy atom. The van der Waals surface area contributed by atoms with E-state index in [0.29, 0.717) is 5.92 Å². The lowest BCUT2D eigenvalue weighted by molar-refractivity contribution is 0.222. The lowest BCUT2D eigenvalue weighted by Crippen LogP contribution is -2.22. The molecule has 0 spiro atoms. The first-order valence-corrected chi connectivity index (χ1v) is 3.57. The van der Waals surface area contributed by atoms with E-state index in [4.69, 9.17) is 10.8 Å². The number of hydrogen-bond acceptors (Lipinski definition) is 2. The summed E-state index contributed by atoms with van der Waals surface area (Å²) >= 11 is 0. The Kier molecular flexibility index (Phi) is 4.72. The number of rotatable bonds is 4. The highest BCUT2D eigenvalue weighted by molar-refractivity contribution is 4.62. The van der Waals surface area contributed by atoms with E-state index in [1.165, 1.54) is 0 Å². The molecule has 56 valence electrons.